The molecule has 1 aliphatic rings. The summed E-state index contributed by atoms with van der Waals surface area (Å²) < 4.78 is 10.7. The van der Waals surface area contributed by atoms with Gasteiger partial charge in [0.05, 0.1) is 6.61 Å². The molecule has 96 valence electrons. The summed E-state index contributed by atoms with van der Waals surface area (Å²) in [6, 6.07) is 8.41. The summed E-state index contributed by atoms with van der Waals surface area (Å²) in [7, 11) is 0.952. The first-order chi connectivity index (χ1) is 8.29. The van der Waals surface area contributed by atoms with Crippen LogP contribution in [-0.2, 0) is 4.74 Å². The maximum Gasteiger partial charge on any atom is 0.119 e. The molecule has 2 rings (SSSR count). The van der Waals surface area contributed by atoms with Gasteiger partial charge in [-0.3, -0.25) is 0 Å². The Labute approximate surface area is 106 Å². The molecule has 0 aliphatic carbocycles. The van der Waals surface area contributed by atoms with Crippen molar-refractivity contribution in [1.29, 1.82) is 0 Å². The summed E-state index contributed by atoms with van der Waals surface area (Å²) in [5.74, 6) is 0.945. The Kier molecular flexibility index (Phi) is 6.54. The van der Waals surface area contributed by atoms with E-state index in [4.69, 9.17) is 9.47 Å². The number of benzene rings is 1. The molecule has 2 nitrogen and oxygen atoms in total. The van der Waals surface area contributed by atoms with Crippen LogP contribution in [0.5, 0.6) is 5.75 Å². The van der Waals surface area contributed by atoms with Crippen LogP contribution in [0.2, 0.25) is 0 Å². The molecule has 0 amide bonds. The molecule has 0 spiro atoms. The second-order valence-electron chi connectivity index (χ2n) is 3.85. The Morgan fingerprint density at radius 1 is 1.35 bits per heavy atom. The van der Waals surface area contributed by atoms with Gasteiger partial charge in [0.1, 0.15) is 18.5 Å². The van der Waals surface area contributed by atoms with Gasteiger partial charge in [0.15, 0.2) is 0 Å². The molecule has 17 heavy (non-hydrogen) atoms. The van der Waals surface area contributed by atoms with Gasteiger partial charge in [0.2, 0.25) is 0 Å². The first-order valence-electron chi connectivity index (χ1n) is 6.31. The third-order valence-corrected chi connectivity index (χ3v) is 3.85. The van der Waals surface area contributed by atoms with Crippen LogP contribution in [0.25, 0.3) is 0 Å². The van der Waals surface area contributed by atoms with Crippen LogP contribution in [0.3, 0.4) is 0 Å². The summed E-state index contributed by atoms with van der Waals surface area (Å²) in [6.45, 7) is 10.0. The zero-order valence-corrected chi connectivity index (χ0v) is 12.2. The van der Waals surface area contributed by atoms with E-state index in [1.165, 1.54) is 5.56 Å². The van der Waals surface area contributed by atoms with E-state index >= 15 is 0 Å². The minimum Gasteiger partial charge on any atom is -0.491 e. The summed E-state index contributed by atoms with van der Waals surface area (Å²) in [5, 5.41) is 0. The van der Waals surface area contributed by atoms with E-state index in [1.807, 2.05) is 26.0 Å². The third kappa shape index (κ3) is 5.06. The first-order valence-corrected chi connectivity index (χ1v) is 7.89. The van der Waals surface area contributed by atoms with E-state index < -0.39 is 0 Å². The van der Waals surface area contributed by atoms with Crippen molar-refractivity contribution in [2.24, 2.45) is 0 Å². The number of ether oxygens (including phenoxy) is 2. The zero-order valence-electron chi connectivity index (χ0n) is 11.2. The highest BCUT2D eigenvalue weighted by atomic mass is 31.1. The standard InChI is InChI=1S/C12H17O2P.C2H6/c1-9(15-2)10-3-5-11(6-4-10)13-7-12-8-14-12;1-2/h3-6,9,12,15H,7-8H2,1-2H3;1-2H3. The van der Waals surface area contributed by atoms with Gasteiger partial charge in [-0.05, 0) is 30.0 Å². The molecule has 1 aromatic carbocycles. The minimum atomic E-state index is 0.334. The van der Waals surface area contributed by atoms with Gasteiger partial charge in [-0.15, -0.1) is 8.58 Å². The number of rotatable bonds is 5. The van der Waals surface area contributed by atoms with Crippen molar-refractivity contribution < 1.29 is 9.47 Å². The predicted octanol–water partition coefficient (Wildman–Crippen LogP) is 3.86. The summed E-state index contributed by atoms with van der Waals surface area (Å²) >= 11 is 0. The molecule has 3 atom stereocenters. The molecule has 0 N–H and O–H groups in total. The minimum absolute atomic E-state index is 0.334. The Hall–Kier alpha value is -0.590. The lowest BCUT2D eigenvalue weighted by molar-refractivity contribution is 0.263. The molecule has 3 unspecified atom stereocenters. The van der Waals surface area contributed by atoms with E-state index in [-0.39, 0.29) is 0 Å². The fourth-order valence-electron chi connectivity index (χ4n) is 1.37. The van der Waals surface area contributed by atoms with Crippen LogP contribution in [0.1, 0.15) is 32.0 Å². The van der Waals surface area contributed by atoms with E-state index in [0.29, 0.717) is 18.4 Å². The normalized spacial score (nSPS) is 19.6. The molecular weight excluding hydrogens is 231 g/mol. The van der Waals surface area contributed by atoms with Gasteiger partial charge in [0, 0.05) is 0 Å². The van der Waals surface area contributed by atoms with Crippen molar-refractivity contribution in [1.82, 2.24) is 0 Å². The predicted molar refractivity (Wildman–Crippen MR) is 75.7 cm³/mol. The zero-order chi connectivity index (χ0) is 12.7. The Morgan fingerprint density at radius 3 is 2.41 bits per heavy atom. The highest BCUT2D eigenvalue weighted by Gasteiger charge is 2.22. The molecule has 1 heterocycles. The van der Waals surface area contributed by atoms with E-state index in [0.717, 1.165) is 20.9 Å². The summed E-state index contributed by atoms with van der Waals surface area (Å²) in [4.78, 5) is 0. The van der Waals surface area contributed by atoms with E-state index in [2.05, 4.69) is 25.7 Å². The van der Waals surface area contributed by atoms with Crippen molar-refractivity contribution in [2.45, 2.75) is 32.5 Å². The molecule has 1 saturated heterocycles. The highest BCUT2D eigenvalue weighted by molar-refractivity contribution is 7.37. The third-order valence-electron chi connectivity index (χ3n) is 2.65. The fraction of sp³-hybridized carbons (Fsp3) is 0.571. The van der Waals surface area contributed by atoms with Crippen molar-refractivity contribution in [3.8, 4) is 5.75 Å². The SMILES string of the molecule is CC.CPC(C)c1ccc(OCC2CO2)cc1. The van der Waals surface area contributed by atoms with Gasteiger partial charge >= 0.3 is 0 Å². The van der Waals surface area contributed by atoms with Gasteiger partial charge in [0.25, 0.3) is 0 Å². The summed E-state index contributed by atoms with van der Waals surface area (Å²) in [6.07, 6.45) is 0.334. The van der Waals surface area contributed by atoms with Crippen LogP contribution in [-0.4, -0.2) is 26.0 Å². The molecule has 1 aliphatic heterocycles. The highest BCUT2D eigenvalue weighted by Crippen LogP contribution is 2.31. The van der Waals surface area contributed by atoms with Crippen LogP contribution in [0.15, 0.2) is 24.3 Å². The second-order valence-corrected chi connectivity index (χ2v) is 5.29. The summed E-state index contributed by atoms with van der Waals surface area (Å²) in [5.41, 5.74) is 2.05. The van der Waals surface area contributed by atoms with E-state index in [1.54, 1.807) is 0 Å². The smallest absolute Gasteiger partial charge is 0.119 e. The molecule has 1 aromatic rings. The van der Waals surface area contributed by atoms with Crippen molar-refractivity contribution >= 4 is 8.58 Å². The second kappa shape index (κ2) is 7.68. The maximum atomic E-state index is 5.58. The molecule has 3 heteroatoms. The molecule has 0 saturated carbocycles. The van der Waals surface area contributed by atoms with Crippen LogP contribution < -0.4 is 4.74 Å². The lowest BCUT2D eigenvalue weighted by atomic mass is 10.1. The molecule has 0 aromatic heterocycles. The van der Waals surface area contributed by atoms with Crippen molar-refractivity contribution in [3.05, 3.63) is 29.8 Å². The Morgan fingerprint density at radius 2 is 1.94 bits per heavy atom. The number of hydrogen-bond donors (Lipinski definition) is 0. The van der Waals surface area contributed by atoms with Gasteiger partial charge in [-0.2, -0.15) is 0 Å². The van der Waals surface area contributed by atoms with Gasteiger partial charge in [-0.1, -0.05) is 32.9 Å². The lowest BCUT2D eigenvalue weighted by Crippen LogP contribution is -2.03. The fourth-order valence-corrected chi connectivity index (χ4v) is 1.90. The lowest BCUT2D eigenvalue weighted by Gasteiger charge is -2.10. The van der Waals surface area contributed by atoms with Crippen molar-refractivity contribution in [3.63, 3.8) is 0 Å². The molecule has 0 bridgehead atoms. The Bertz CT molecular complexity index is 307. The molecule has 1 fully saturated rings. The van der Waals surface area contributed by atoms with Crippen LogP contribution in [0.4, 0.5) is 0 Å². The monoisotopic (exact) mass is 254 g/mol. The largest absolute Gasteiger partial charge is 0.491 e. The van der Waals surface area contributed by atoms with Gasteiger partial charge < -0.3 is 9.47 Å². The van der Waals surface area contributed by atoms with Crippen LogP contribution >= 0.6 is 8.58 Å². The number of epoxide rings is 1. The topological polar surface area (TPSA) is 21.8 Å². The van der Waals surface area contributed by atoms with Crippen LogP contribution in [0, 0.1) is 0 Å². The first kappa shape index (κ1) is 14.5. The maximum absolute atomic E-state index is 5.58. The Balaban J connectivity index is 0.000000686. The quantitative estimate of drug-likeness (QED) is 0.588. The molecule has 0 radical (unpaired) electrons. The number of hydrogen-bond acceptors (Lipinski definition) is 2. The van der Waals surface area contributed by atoms with Crippen molar-refractivity contribution in [2.75, 3.05) is 19.9 Å². The van der Waals surface area contributed by atoms with E-state index in [9.17, 15) is 0 Å². The average Bonchev–Trinajstić information content (AvgIpc) is 3.22. The average molecular weight is 254 g/mol. The van der Waals surface area contributed by atoms with Gasteiger partial charge in [-0.25, -0.2) is 0 Å². The molecular formula is C14H23O2P.